The molecule has 0 saturated heterocycles. The van der Waals surface area contributed by atoms with Crippen molar-refractivity contribution in [1.82, 2.24) is 9.55 Å². The Balaban J connectivity index is 2.25. The summed E-state index contributed by atoms with van der Waals surface area (Å²) in [4.78, 5) is 15.2. The summed E-state index contributed by atoms with van der Waals surface area (Å²) < 4.78 is 2.29. The summed E-state index contributed by atoms with van der Waals surface area (Å²) in [5.74, 6) is 0.467. The number of hydrogen-bond donors (Lipinski definition) is 1. The molecular formula is C14H22N2O2S. The van der Waals surface area contributed by atoms with Crippen molar-refractivity contribution in [1.29, 1.82) is 0 Å². The number of carboxylic acids is 1. The van der Waals surface area contributed by atoms with Gasteiger partial charge in [0.05, 0.1) is 5.75 Å². The Hall–Kier alpha value is -0.970. The molecule has 0 bridgehead atoms. The van der Waals surface area contributed by atoms with Crippen LogP contribution >= 0.6 is 11.8 Å². The van der Waals surface area contributed by atoms with Crippen LogP contribution in [-0.4, -0.2) is 26.4 Å². The summed E-state index contributed by atoms with van der Waals surface area (Å²) >= 11 is 1.33. The summed E-state index contributed by atoms with van der Waals surface area (Å²) in [5, 5.41) is 9.70. The fourth-order valence-corrected chi connectivity index (χ4v) is 3.57. The molecule has 0 spiro atoms. The van der Waals surface area contributed by atoms with Gasteiger partial charge < -0.3 is 9.67 Å². The van der Waals surface area contributed by atoms with E-state index in [1.807, 2.05) is 6.20 Å². The zero-order valence-electron chi connectivity index (χ0n) is 11.8. The highest BCUT2D eigenvalue weighted by Gasteiger charge is 2.27. The van der Waals surface area contributed by atoms with Gasteiger partial charge in [0.15, 0.2) is 5.16 Å². The molecule has 2 unspecified atom stereocenters. The monoisotopic (exact) mass is 282 g/mol. The lowest BCUT2D eigenvalue weighted by atomic mass is 10.1. The maximum Gasteiger partial charge on any atom is 0.313 e. The minimum Gasteiger partial charge on any atom is -0.481 e. The van der Waals surface area contributed by atoms with Gasteiger partial charge in [0.25, 0.3) is 0 Å². The summed E-state index contributed by atoms with van der Waals surface area (Å²) in [5.41, 5.74) is 1.23. The molecule has 106 valence electrons. The lowest BCUT2D eigenvalue weighted by Gasteiger charge is -2.20. The highest BCUT2D eigenvalue weighted by Crippen LogP contribution is 2.38. The molecular weight excluding hydrogens is 260 g/mol. The van der Waals surface area contributed by atoms with E-state index in [1.54, 1.807) is 0 Å². The van der Waals surface area contributed by atoms with E-state index < -0.39 is 5.97 Å². The molecule has 0 amide bonds. The Morgan fingerprint density at radius 3 is 2.84 bits per heavy atom. The molecule has 5 heteroatoms. The van der Waals surface area contributed by atoms with Crippen molar-refractivity contribution in [3.05, 3.63) is 11.9 Å². The molecule has 1 N–H and O–H groups in total. The third-order valence-electron chi connectivity index (χ3n) is 3.74. The quantitative estimate of drug-likeness (QED) is 0.839. The zero-order chi connectivity index (χ0) is 14.0. The number of carbonyl (C=O) groups is 1. The van der Waals surface area contributed by atoms with Crippen molar-refractivity contribution >= 4 is 17.7 Å². The average molecular weight is 282 g/mol. The number of aromatic nitrogens is 2. The van der Waals surface area contributed by atoms with Gasteiger partial charge in [0.2, 0.25) is 0 Å². The maximum absolute atomic E-state index is 10.7. The van der Waals surface area contributed by atoms with Crippen molar-refractivity contribution in [3.8, 4) is 0 Å². The number of hydrogen-bond acceptors (Lipinski definition) is 3. The Labute approximate surface area is 118 Å². The van der Waals surface area contributed by atoms with Gasteiger partial charge >= 0.3 is 5.97 Å². The van der Waals surface area contributed by atoms with E-state index in [-0.39, 0.29) is 5.75 Å². The van der Waals surface area contributed by atoms with Gasteiger partial charge in [-0.1, -0.05) is 32.5 Å². The molecule has 1 aliphatic rings. The third-order valence-corrected chi connectivity index (χ3v) is 4.69. The third kappa shape index (κ3) is 3.32. The van der Waals surface area contributed by atoms with E-state index >= 15 is 0 Å². The minimum atomic E-state index is -0.787. The molecule has 1 saturated carbocycles. The highest BCUT2D eigenvalue weighted by atomic mass is 32.2. The molecule has 1 aliphatic carbocycles. The first-order chi connectivity index (χ1) is 8.99. The van der Waals surface area contributed by atoms with E-state index in [1.165, 1.54) is 36.7 Å². The van der Waals surface area contributed by atoms with E-state index in [4.69, 9.17) is 5.11 Å². The number of thioether (sulfide) groups is 1. The lowest BCUT2D eigenvalue weighted by Crippen LogP contribution is -2.12. The number of aliphatic carboxylic acids is 1. The maximum atomic E-state index is 10.7. The second-order valence-electron chi connectivity index (χ2n) is 5.74. The number of rotatable bonds is 5. The van der Waals surface area contributed by atoms with Crippen molar-refractivity contribution in [3.63, 3.8) is 0 Å². The summed E-state index contributed by atoms with van der Waals surface area (Å²) in [6, 6.07) is 0.492. The Morgan fingerprint density at radius 2 is 2.32 bits per heavy atom. The van der Waals surface area contributed by atoms with Crippen LogP contribution in [0.25, 0.3) is 0 Å². The topological polar surface area (TPSA) is 55.1 Å². The van der Waals surface area contributed by atoms with Gasteiger partial charge in [0, 0.05) is 17.9 Å². The molecule has 19 heavy (non-hydrogen) atoms. The van der Waals surface area contributed by atoms with Gasteiger partial charge in [-0.2, -0.15) is 0 Å². The molecule has 2 atom stereocenters. The molecule has 2 rings (SSSR count). The zero-order valence-corrected chi connectivity index (χ0v) is 12.6. The van der Waals surface area contributed by atoms with Gasteiger partial charge in [-0.05, 0) is 31.1 Å². The Morgan fingerprint density at radius 1 is 1.58 bits per heavy atom. The fourth-order valence-electron chi connectivity index (χ4n) is 2.80. The molecule has 0 aromatic carbocycles. The predicted molar refractivity (Wildman–Crippen MR) is 76.7 cm³/mol. The standard InChI is InChI=1S/C14H22N2O2S/c1-9(2)12-7-15-14(19-8-13(17)18)16(12)11-5-4-10(3)6-11/h7,9-11H,4-6,8H2,1-3H3,(H,17,18). The molecule has 1 fully saturated rings. The van der Waals surface area contributed by atoms with Crippen LogP contribution in [-0.2, 0) is 4.79 Å². The highest BCUT2D eigenvalue weighted by molar-refractivity contribution is 7.99. The van der Waals surface area contributed by atoms with E-state index in [9.17, 15) is 4.79 Å². The van der Waals surface area contributed by atoms with E-state index in [0.29, 0.717) is 12.0 Å². The average Bonchev–Trinajstić information content (AvgIpc) is 2.91. The Bertz CT molecular complexity index is 456. The predicted octanol–water partition coefficient (Wildman–Crippen LogP) is 3.54. The van der Waals surface area contributed by atoms with Crippen molar-refractivity contribution in [2.75, 3.05) is 5.75 Å². The SMILES string of the molecule is CC1CCC(n2c(C(C)C)cnc2SCC(=O)O)C1. The van der Waals surface area contributed by atoms with Crippen LogP contribution in [0.2, 0.25) is 0 Å². The normalized spacial score (nSPS) is 23.2. The molecule has 1 heterocycles. The van der Waals surface area contributed by atoms with Gasteiger partial charge in [-0.15, -0.1) is 0 Å². The number of nitrogens with zero attached hydrogens (tertiary/aromatic N) is 2. The largest absolute Gasteiger partial charge is 0.481 e. The molecule has 0 aliphatic heterocycles. The first-order valence-electron chi connectivity index (χ1n) is 6.90. The van der Waals surface area contributed by atoms with Gasteiger partial charge in [-0.25, -0.2) is 4.98 Å². The first-order valence-corrected chi connectivity index (χ1v) is 7.89. The van der Waals surface area contributed by atoms with Gasteiger partial charge in [0.1, 0.15) is 0 Å². The van der Waals surface area contributed by atoms with Crippen LogP contribution in [0, 0.1) is 5.92 Å². The van der Waals surface area contributed by atoms with E-state index in [2.05, 4.69) is 30.3 Å². The Kier molecular flexibility index (Phi) is 4.55. The first kappa shape index (κ1) is 14.4. The molecule has 0 radical (unpaired) electrons. The van der Waals surface area contributed by atoms with Crippen molar-refractivity contribution in [2.45, 2.75) is 57.1 Å². The number of carboxylic acid groups (broad SMARTS) is 1. The van der Waals surface area contributed by atoms with Crippen LogP contribution < -0.4 is 0 Å². The minimum absolute atomic E-state index is 0.0802. The lowest BCUT2D eigenvalue weighted by molar-refractivity contribution is -0.133. The van der Waals surface area contributed by atoms with Gasteiger partial charge in [-0.3, -0.25) is 4.79 Å². The van der Waals surface area contributed by atoms with Crippen LogP contribution in [0.3, 0.4) is 0 Å². The van der Waals surface area contributed by atoms with Crippen LogP contribution in [0.1, 0.15) is 57.7 Å². The summed E-state index contributed by atoms with van der Waals surface area (Å²) in [7, 11) is 0. The van der Waals surface area contributed by atoms with Crippen LogP contribution in [0.4, 0.5) is 0 Å². The number of imidazole rings is 1. The summed E-state index contributed by atoms with van der Waals surface area (Å²) in [6.45, 7) is 6.62. The molecule has 1 aromatic rings. The second-order valence-corrected chi connectivity index (χ2v) is 6.69. The van der Waals surface area contributed by atoms with Crippen LogP contribution in [0.15, 0.2) is 11.4 Å². The molecule has 1 aromatic heterocycles. The van der Waals surface area contributed by atoms with Crippen molar-refractivity contribution in [2.24, 2.45) is 5.92 Å². The fraction of sp³-hybridized carbons (Fsp3) is 0.714. The molecule has 4 nitrogen and oxygen atoms in total. The van der Waals surface area contributed by atoms with Crippen LogP contribution in [0.5, 0.6) is 0 Å². The van der Waals surface area contributed by atoms with Crippen molar-refractivity contribution < 1.29 is 9.90 Å². The smallest absolute Gasteiger partial charge is 0.313 e. The summed E-state index contributed by atoms with van der Waals surface area (Å²) in [6.07, 6.45) is 5.52. The van der Waals surface area contributed by atoms with E-state index in [0.717, 1.165) is 11.1 Å². The second kappa shape index (κ2) is 5.99.